The van der Waals surface area contributed by atoms with E-state index in [1.54, 1.807) is 6.07 Å². The summed E-state index contributed by atoms with van der Waals surface area (Å²) in [6.07, 6.45) is -0.279. The van der Waals surface area contributed by atoms with Gasteiger partial charge in [-0.15, -0.1) is 0 Å². The standard InChI is InChI=1S/C14H21FN2O2/c1-10-7-17(8-12(9-18)19-10)14-11(6-16-2)4-3-5-13(14)15/h3-5,10,12,16,18H,6-9H2,1-2H3. The molecule has 19 heavy (non-hydrogen) atoms. The highest BCUT2D eigenvalue weighted by atomic mass is 19.1. The molecule has 2 atom stereocenters. The second kappa shape index (κ2) is 6.32. The van der Waals surface area contributed by atoms with Crippen molar-refractivity contribution >= 4 is 5.69 Å². The molecule has 1 aromatic carbocycles. The van der Waals surface area contributed by atoms with Crippen molar-refractivity contribution in [3.05, 3.63) is 29.6 Å². The number of rotatable bonds is 4. The lowest BCUT2D eigenvalue weighted by atomic mass is 10.1. The van der Waals surface area contributed by atoms with Crippen LogP contribution in [0.4, 0.5) is 10.1 Å². The van der Waals surface area contributed by atoms with Crippen LogP contribution < -0.4 is 10.2 Å². The first-order valence-corrected chi connectivity index (χ1v) is 6.59. The Kier molecular flexibility index (Phi) is 4.74. The number of anilines is 1. The van der Waals surface area contributed by atoms with Crippen LogP contribution in [0.15, 0.2) is 18.2 Å². The number of morpholine rings is 1. The van der Waals surface area contributed by atoms with Gasteiger partial charge in [0.1, 0.15) is 5.82 Å². The number of benzene rings is 1. The third-order valence-corrected chi connectivity index (χ3v) is 3.28. The van der Waals surface area contributed by atoms with Crippen LogP contribution in [0.2, 0.25) is 0 Å². The average Bonchev–Trinajstić information content (AvgIpc) is 2.38. The van der Waals surface area contributed by atoms with Gasteiger partial charge in [-0.1, -0.05) is 12.1 Å². The highest BCUT2D eigenvalue weighted by Gasteiger charge is 2.27. The molecule has 1 heterocycles. The Balaban J connectivity index is 2.29. The molecule has 0 spiro atoms. The lowest BCUT2D eigenvalue weighted by Gasteiger charge is -2.38. The number of nitrogens with zero attached hydrogens (tertiary/aromatic N) is 1. The first-order valence-electron chi connectivity index (χ1n) is 6.59. The van der Waals surface area contributed by atoms with Crippen LogP contribution in [0.5, 0.6) is 0 Å². The van der Waals surface area contributed by atoms with Crippen molar-refractivity contribution in [1.82, 2.24) is 5.32 Å². The summed E-state index contributed by atoms with van der Waals surface area (Å²) in [5.74, 6) is -0.224. The molecule has 4 nitrogen and oxygen atoms in total. The van der Waals surface area contributed by atoms with Crippen LogP contribution >= 0.6 is 0 Å². The Morgan fingerprint density at radius 1 is 1.47 bits per heavy atom. The van der Waals surface area contributed by atoms with E-state index in [4.69, 9.17) is 4.74 Å². The molecule has 106 valence electrons. The summed E-state index contributed by atoms with van der Waals surface area (Å²) < 4.78 is 19.7. The highest BCUT2D eigenvalue weighted by molar-refractivity contribution is 5.55. The minimum Gasteiger partial charge on any atom is -0.394 e. The Morgan fingerprint density at radius 2 is 2.26 bits per heavy atom. The molecule has 2 rings (SSSR count). The molecule has 0 aliphatic carbocycles. The van der Waals surface area contributed by atoms with E-state index < -0.39 is 0 Å². The minimum atomic E-state index is -0.259. The quantitative estimate of drug-likeness (QED) is 0.859. The number of ether oxygens (including phenoxy) is 1. The first-order chi connectivity index (χ1) is 9.15. The van der Waals surface area contributed by atoms with Crippen LogP contribution in [0.3, 0.4) is 0 Å². The number of hydrogen-bond donors (Lipinski definition) is 2. The lowest BCUT2D eigenvalue weighted by molar-refractivity contribution is -0.0422. The summed E-state index contributed by atoms with van der Waals surface area (Å²) in [5.41, 5.74) is 1.54. The third-order valence-electron chi connectivity index (χ3n) is 3.28. The molecule has 0 bridgehead atoms. The molecule has 2 N–H and O–H groups in total. The molecule has 2 unspecified atom stereocenters. The van der Waals surface area contributed by atoms with Crippen LogP contribution in [0.1, 0.15) is 12.5 Å². The molecular formula is C14H21FN2O2. The SMILES string of the molecule is CNCc1cccc(F)c1N1CC(C)OC(CO)C1. The highest BCUT2D eigenvalue weighted by Crippen LogP contribution is 2.27. The fourth-order valence-electron chi connectivity index (χ4n) is 2.58. The number of nitrogens with one attached hydrogen (secondary N) is 1. The van der Waals surface area contributed by atoms with Gasteiger partial charge in [-0.25, -0.2) is 4.39 Å². The molecular weight excluding hydrogens is 247 g/mol. The van der Waals surface area contributed by atoms with E-state index in [2.05, 4.69) is 5.32 Å². The van der Waals surface area contributed by atoms with Crippen LogP contribution in [-0.2, 0) is 11.3 Å². The van der Waals surface area contributed by atoms with E-state index in [-0.39, 0.29) is 24.6 Å². The summed E-state index contributed by atoms with van der Waals surface area (Å²) in [6, 6.07) is 5.12. The largest absolute Gasteiger partial charge is 0.394 e. The van der Waals surface area contributed by atoms with Crippen molar-refractivity contribution < 1.29 is 14.2 Å². The predicted molar refractivity (Wildman–Crippen MR) is 72.8 cm³/mol. The van der Waals surface area contributed by atoms with Crippen molar-refractivity contribution in [2.45, 2.75) is 25.7 Å². The molecule has 1 fully saturated rings. The molecule has 0 saturated carbocycles. The van der Waals surface area contributed by atoms with Gasteiger partial charge in [-0.2, -0.15) is 0 Å². The Labute approximate surface area is 113 Å². The Bertz CT molecular complexity index is 428. The molecule has 0 radical (unpaired) electrons. The second-order valence-corrected chi connectivity index (χ2v) is 4.93. The number of aliphatic hydroxyl groups excluding tert-OH is 1. The molecule has 0 aromatic heterocycles. The second-order valence-electron chi connectivity index (χ2n) is 4.93. The zero-order chi connectivity index (χ0) is 13.8. The molecule has 1 saturated heterocycles. The maximum absolute atomic E-state index is 14.1. The maximum Gasteiger partial charge on any atom is 0.146 e. The van der Waals surface area contributed by atoms with E-state index in [9.17, 15) is 9.50 Å². The smallest absolute Gasteiger partial charge is 0.146 e. The van der Waals surface area contributed by atoms with Crippen LogP contribution in [0.25, 0.3) is 0 Å². The molecule has 1 aromatic rings. The normalized spacial score (nSPS) is 23.7. The molecule has 5 heteroatoms. The van der Waals surface area contributed by atoms with E-state index in [0.717, 1.165) is 5.56 Å². The van der Waals surface area contributed by atoms with Gasteiger partial charge in [-0.3, -0.25) is 0 Å². The number of halogens is 1. The Morgan fingerprint density at radius 3 is 2.95 bits per heavy atom. The fraction of sp³-hybridized carbons (Fsp3) is 0.571. The van der Waals surface area contributed by atoms with Crippen molar-refractivity contribution in [1.29, 1.82) is 0 Å². The monoisotopic (exact) mass is 268 g/mol. The summed E-state index contributed by atoms with van der Waals surface area (Å²) in [6.45, 7) is 3.65. The van der Waals surface area contributed by atoms with E-state index in [1.165, 1.54) is 6.07 Å². The third kappa shape index (κ3) is 3.23. The van der Waals surface area contributed by atoms with Gasteiger partial charge in [0, 0.05) is 19.6 Å². The molecule has 0 amide bonds. The van der Waals surface area contributed by atoms with Crippen LogP contribution in [0, 0.1) is 5.82 Å². The van der Waals surface area contributed by atoms with Gasteiger partial charge in [0.15, 0.2) is 0 Å². The van der Waals surface area contributed by atoms with Gasteiger partial charge >= 0.3 is 0 Å². The summed E-state index contributed by atoms with van der Waals surface area (Å²) in [5, 5.41) is 12.3. The summed E-state index contributed by atoms with van der Waals surface area (Å²) in [4.78, 5) is 1.97. The summed E-state index contributed by atoms with van der Waals surface area (Å²) >= 11 is 0. The topological polar surface area (TPSA) is 44.7 Å². The van der Waals surface area contributed by atoms with Crippen LogP contribution in [-0.4, -0.2) is 44.1 Å². The van der Waals surface area contributed by atoms with Gasteiger partial charge in [0.25, 0.3) is 0 Å². The number of aliphatic hydroxyl groups is 1. The fourth-order valence-corrected chi connectivity index (χ4v) is 2.58. The van der Waals surface area contributed by atoms with Crippen molar-refractivity contribution in [3.63, 3.8) is 0 Å². The van der Waals surface area contributed by atoms with Gasteiger partial charge in [0.05, 0.1) is 24.5 Å². The summed E-state index contributed by atoms with van der Waals surface area (Å²) in [7, 11) is 1.84. The zero-order valence-electron chi connectivity index (χ0n) is 11.4. The van der Waals surface area contributed by atoms with Crippen molar-refractivity contribution in [2.75, 3.05) is 31.6 Å². The number of para-hydroxylation sites is 1. The maximum atomic E-state index is 14.1. The predicted octanol–water partition coefficient (Wildman–Crippen LogP) is 1.13. The molecule has 1 aliphatic rings. The first kappa shape index (κ1) is 14.2. The molecule has 1 aliphatic heterocycles. The lowest BCUT2D eigenvalue weighted by Crippen LogP contribution is -2.48. The Hall–Kier alpha value is -1.17. The van der Waals surface area contributed by atoms with Gasteiger partial charge < -0.3 is 20.1 Å². The average molecular weight is 268 g/mol. The number of hydrogen-bond acceptors (Lipinski definition) is 4. The van der Waals surface area contributed by atoms with Crippen molar-refractivity contribution in [2.24, 2.45) is 0 Å². The van der Waals surface area contributed by atoms with Gasteiger partial charge in [-0.05, 0) is 25.6 Å². The van der Waals surface area contributed by atoms with E-state index in [1.807, 2.05) is 24.9 Å². The zero-order valence-corrected chi connectivity index (χ0v) is 11.4. The van der Waals surface area contributed by atoms with E-state index >= 15 is 0 Å². The van der Waals surface area contributed by atoms with Gasteiger partial charge in [0.2, 0.25) is 0 Å². The minimum absolute atomic E-state index is 0.0204. The van der Waals surface area contributed by atoms with E-state index in [0.29, 0.717) is 25.3 Å². The van der Waals surface area contributed by atoms with Crippen molar-refractivity contribution in [3.8, 4) is 0 Å².